The van der Waals surface area contributed by atoms with Crippen LogP contribution in [0.4, 0.5) is 4.79 Å². The Morgan fingerprint density at radius 1 is 1.53 bits per heavy atom. The number of nitrogens with zero attached hydrogens (tertiary/aromatic N) is 1. The first-order valence-corrected chi connectivity index (χ1v) is 5.28. The second-order valence-electron chi connectivity index (χ2n) is 3.32. The van der Waals surface area contributed by atoms with Gasteiger partial charge in [-0.3, -0.25) is 9.59 Å². The second kappa shape index (κ2) is 6.00. The summed E-state index contributed by atoms with van der Waals surface area (Å²) in [7, 11) is 0. The van der Waals surface area contributed by atoms with Crippen molar-refractivity contribution in [2.75, 3.05) is 19.7 Å². The monoisotopic (exact) mass is 241 g/mol. The quantitative estimate of drug-likeness (QED) is 0.378. The van der Waals surface area contributed by atoms with Crippen LogP contribution in [0.1, 0.15) is 13.3 Å². The van der Waals surface area contributed by atoms with Crippen molar-refractivity contribution in [3.63, 3.8) is 0 Å². The van der Waals surface area contributed by atoms with E-state index < -0.39 is 17.9 Å². The topological polar surface area (TPSA) is 102 Å². The Hall–Kier alpha value is -1.89. The number of nitrogens with two attached hydrogens (primary N) is 1. The highest BCUT2D eigenvalue weighted by atomic mass is 16.5. The van der Waals surface area contributed by atoms with Crippen LogP contribution in [0.15, 0.2) is 11.8 Å². The molecule has 1 saturated heterocycles. The number of imide groups is 1. The fourth-order valence-electron chi connectivity index (χ4n) is 1.32. The lowest BCUT2D eigenvalue weighted by atomic mass is 10.3. The summed E-state index contributed by atoms with van der Waals surface area (Å²) in [6.07, 6.45) is 2.01. The summed E-state index contributed by atoms with van der Waals surface area (Å²) in [6, 6.07) is -0.619. The van der Waals surface area contributed by atoms with Gasteiger partial charge in [0.15, 0.2) is 0 Å². The molecule has 3 N–H and O–H groups in total. The van der Waals surface area contributed by atoms with Gasteiger partial charge in [0.05, 0.1) is 6.61 Å². The number of carbonyl (C=O) groups excluding carboxylic acids is 3. The third-order valence-electron chi connectivity index (χ3n) is 2.07. The molecule has 1 aliphatic heterocycles. The van der Waals surface area contributed by atoms with E-state index in [9.17, 15) is 14.4 Å². The van der Waals surface area contributed by atoms with Crippen LogP contribution in [0.3, 0.4) is 0 Å². The Labute approximate surface area is 98.6 Å². The molecule has 0 aromatic heterocycles. The minimum Gasteiger partial charge on any atom is -0.465 e. The van der Waals surface area contributed by atoms with Crippen molar-refractivity contribution < 1.29 is 19.1 Å². The third kappa shape index (κ3) is 3.28. The van der Waals surface area contributed by atoms with Gasteiger partial charge in [-0.25, -0.2) is 9.69 Å². The standard InChI is InChI=1S/C10H15N3O4/c1-2-17-8(14)6-13-9(15)7(4-3-5-11)12-10(13)16/h4H,2-3,5-6,11H2,1H3,(H,12,16)/b7-4-. The van der Waals surface area contributed by atoms with E-state index in [2.05, 4.69) is 10.1 Å². The molecule has 17 heavy (non-hydrogen) atoms. The van der Waals surface area contributed by atoms with Crippen molar-refractivity contribution in [2.24, 2.45) is 5.73 Å². The van der Waals surface area contributed by atoms with Gasteiger partial charge in [0, 0.05) is 0 Å². The molecule has 7 nitrogen and oxygen atoms in total. The predicted octanol–water partition coefficient (Wildman–Crippen LogP) is -0.666. The fourth-order valence-corrected chi connectivity index (χ4v) is 1.32. The molecular formula is C10H15N3O4. The summed E-state index contributed by atoms with van der Waals surface area (Å²) >= 11 is 0. The van der Waals surface area contributed by atoms with E-state index in [0.717, 1.165) is 4.90 Å². The number of hydrogen-bond donors (Lipinski definition) is 2. The van der Waals surface area contributed by atoms with E-state index in [1.807, 2.05) is 0 Å². The van der Waals surface area contributed by atoms with Crippen LogP contribution in [0.5, 0.6) is 0 Å². The molecule has 0 radical (unpaired) electrons. The number of carbonyl (C=O) groups is 3. The van der Waals surface area contributed by atoms with Gasteiger partial charge in [0.25, 0.3) is 5.91 Å². The summed E-state index contributed by atoms with van der Waals surface area (Å²) in [4.78, 5) is 35.1. The van der Waals surface area contributed by atoms with Crippen LogP contribution in [-0.4, -0.2) is 42.5 Å². The van der Waals surface area contributed by atoms with Gasteiger partial charge < -0.3 is 15.8 Å². The van der Waals surface area contributed by atoms with Crippen molar-refractivity contribution in [3.8, 4) is 0 Å². The number of amides is 3. The maximum atomic E-state index is 11.7. The fraction of sp³-hybridized carbons (Fsp3) is 0.500. The van der Waals surface area contributed by atoms with Gasteiger partial charge in [0.1, 0.15) is 12.2 Å². The van der Waals surface area contributed by atoms with Crippen LogP contribution in [0.2, 0.25) is 0 Å². The molecule has 0 saturated carbocycles. The Balaban J connectivity index is 2.66. The summed E-state index contributed by atoms with van der Waals surface area (Å²) < 4.78 is 4.66. The SMILES string of the molecule is CCOC(=O)CN1C(=O)N/C(=C\CCN)C1=O. The molecule has 3 amide bonds. The molecular weight excluding hydrogens is 226 g/mol. The first-order valence-electron chi connectivity index (χ1n) is 5.28. The number of hydrogen-bond acceptors (Lipinski definition) is 5. The minimum absolute atomic E-state index is 0.157. The van der Waals surface area contributed by atoms with Gasteiger partial charge in [-0.05, 0) is 19.9 Å². The first-order chi connectivity index (χ1) is 8.10. The van der Waals surface area contributed by atoms with Crippen LogP contribution in [0, 0.1) is 0 Å². The lowest BCUT2D eigenvalue weighted by Gasteiger charge is -2.10. The number of ether oxygens (including phenoxy) is 1. The lowest BCUT2D eigenvalue weighted by molar-refractivity contribution is -0.146. The van der Waals surface area contributed by atoms with Crippen LogP contribution in [0.25, 0.3) is 0 Å². The Morgan fingerprint density at radius 3 is 2.82 bits per heavy atom. The number of esters is 1. The zero-order valence-corrected chi connectivity index (χ0v) is 9.56. The number of rotatable bonds is 5. The molecule has 0 aliphatic carbocycles. The minimum atomic E-state index is -0.619. The average Bonchev–Trinajstić information content (AvgIpc) is 2.54. The van der Waals surface area contributed by atoms with Gasteiger partial charge in [-0.15, -0.1) is 0 Å². The van der Waals surface area contributed by atoms with E-state index in [-0.39, 0.29) is 18.8 Å². The van der Waals surface area contributed by atoms with Crippen molar-refractivity contribution in [1.82, 2.24) is 10.2 Å². The molecule has 1 rings (SSSR count). The molecule has 0 aromatic rings. The zero-order chi connectivity index (χ0) is 12.8. The summed E-state index contributed by atoms with van der Waals surface area (Å²) in [5.74, 6) is -1.15. The highest BCUT2D eigenvalue weighted by molar-refractivity contribution is 6.12. The van der Waals surface area contributed by atoms with E-state index >= 15 is 0 Å². The second-order valence-corrected chi connectivity index (χ2v) is 3.32. The molecule has 7 heteroatoms. The van der Waals surface area contributed by atoms with Crippen molar-refractivity contribution in [2.45, 2.75) is 13.3 Å². The molecule has 0 bridgehead atoms. The third-order valence-corrected chi connectivity index (χ3v) is 2.07. The molecule has 1 aliphatic rings. The maximum Gasteiger partial charge on any atom is 0.329 e. The predicted molar refractivity (Wildman–Crippen MR) is 58.6 cm³/mol. The Morgan fingerprint density at radius 2 is 2.24 bits per heavy atom. The van der Waals surface area contributed by atoms with Crippen molar-refractivity contribution in [1.29, 1.82) is 0 Å². The highest BCUT2D eigenvalue weighted by Crippen LogP contribution is 2.09. The summed E-state index contributed by atoms with van der Waals surface area (Å²) in [6.45, 7) is 1.86. The van der Waals surface area contributed by atoms with E-state index in [0.29, 0.717) is 13.0 Å². The molecule has 94 valence electrons. The highest BCUT2D eigenvalue weighted by Gasteiger charge is 2.34. The zero-order valence-electron chi connectivity index (χ0n) is 9.56. The van der Waals surface area contributed by atoms with Crippen molar-refractivity contribution in [3.05, 3.63) is 11.8 Å². The van der Waals surface area contributed by atoms with E-state index in [1.54, 1.807) is 6.92 Å². The van der Waals surface area contributed by atoms with Gasteiger partial charge in [-0.2, -0.15) is 0 Å². The lowest BCUT2D eigenvalue weighted by Crippen LogP contribution is -2.36. The molecule has 1 fully saturated rings. The van der Waals surface area contributed by atoms with Crippen LogP contribution < -0.4 is 11.1 Å². The van der Waals surface area contributed by atoms with Gasteiger partial charge in [-0.1, -0.05) is 6.08 Å². The number of nitrogens with one attached hydrogen (secondary N) is 1. The number of urea groups is 1. The average molecular weight is 241 g/mol. The maximum absolute atomic E-state index is 11.7. The largest absolute Gasteiger partial charge is 0.465 e. The van der Waals surface area contributed by atoms with Gasteiger partial charge in [0.2, 0.25) is 0 Å². The molecule has 0 aromatic carbocycles. The summed E-state index contributed by atoms with van der Waals surface area (Å²) in [5, 5.41) is 2.37. The van der Waals surface area contributed by atoms with Gasteiger partial charge >= 0.3 is 12.0 Å². The van der Waals surface area contributed by atoms with Crippen LogP contribution >= 0.6 is 0 Å². The molecule has 1 heterocycles. The van der Waals surface area contributed by atoms with Crippen LogP contribution in [-0.2, 0) is 14.3 Å². The normalized spacial score (nSPS) is 17.5. The Bertz CT molecular complexity index is 365. The Kier molecular flexibility index (Phi) is 4.65. The van der Waals surface area contributed by atoms with E-state index in [4.69, 9.17) is 5.73 Å². The molecule has 0 unspecified atom stereocenters. The smallest absolute Gasteiger partial charge is 0.329 e. The summed E-state index contributed by atoms with van der Waals surface area (Å²) in [5.41, 5.74) is 5.44. The first kappa shape index (κ1) is 13.2. The van der Waals surface area contributed by atoms with Crippen molar-refractivity contribution >= 4 is 17.9 Å². The molecule has 0 atom stereocenters. The van der Waals surface area contributed by atoms with E-state index in [1.165, 1.54) is 6.08 Å². The molecule has 0 spiro atoms.